The lowest BCUT2D eigenvalue weighted by Gasteiger charge is -2.16. The maximum atomic E-state index is 12.5. The first kappa shape index (κ1) is 17.8. The van der Waals surface area contributed by atoms with Gasteiger partial charge in [-0.1, -0.05) is 53.5 Å². The number of carboxylic acid groups (broad SMARTS) is 1. The van der Waals surface area contributed by atoms with E-state index in [0.717, 1.165) is 0 Å². The van der Waals surface area contributed by atoms with Crippen LogP contribution in [0, 0.1) is 5.92 Å². The predicted molar refractivity (Wildman–Crippen MR) is 95.7 cm³/mol. The maximum Gasteiger partial charge on any atom is 0.306 e. The fourth-order valence-electron chi connectivity index (χ4n) is 2.99. The molecule has 0 amide bonds. The fourth-order valence-corrected chi connectivity index (χ4v) is 3.45. The summed E-state index contributed by atoms with van der Waals surface area (Å²) in [5.74, 6) is -1.05. The van der Waals surface area contributed by atoms with Gasteiger partial charge < -0.3 is 9.84 Å². The second kappa shape index (κ2) is 7.46. The van der Waals surface area contributed by atoms with E-state index in [-0.39, 0.29) is 21.9 Å². The fraction of sp³-hybridized carbons (Fsp3) is 0.263. The van der Waals surface area contributed by atoms with Crippen molar-refractivity contribution in [2.75, 3.05) is 0 Å². The van der Waals surface area contributed by atoms with Gasteiger partial charge in [0.05, 0.1) is 17.0 Å². The molecule has 1 aliphatic rings. The summed E-state index contributed by atoms with van der Waals surface area (Å²) in [6.45, 7) is 0. The Labute approximate surface area is 155 Å². The van der Waals surface area contributed by atoms with E-state index in [1.165, 1.54) is 0 Å². The Hall–Kier alpha value is -2.04. The van der Waals surface area contributed by atoms with E-state index >= 15 is 0 Å². The minimum atomic E-state index is -0.806. The summed E-state index contributed by atoms with van der Waals surface area (Å²) < 4.78 is 5.82. The third kappa shape index (κ3) is 3.80. The Balaban J connectivity index is 1.79. The number of carbonyl (C=O) groups excluding carboxylic acids is 1. The van der Waals surface area contributed by atoms with Crippen LogP contribution in [0.3, 0.4) is 0 Å². The van der Waals surface area contributed by atoms with E-state index in [1.54, 1.807) is 36.4 Å². The minimum absolute atomic E-state index is 0.140. The SMILES string of the molecule is O=C(c1ccccc1)c1ccc(O[C@H]2CC[C@H](C(=O)O)C2)c(Cl)c1Cl. The standard InChI is InChI=1S/C19H16Cl2O4/c20-16-14(18(22)11-4-2-1-3-5-11)8-9-15(17(16)21)25-13-7-6-12(10-13)19(23)24/h1-5,8-9,12-13H,6-7,10H2,(H,23,24)/t12-,13-/m0/s1. The highest BCUT2D eigenvalue weighted by molar-refractivity contribution is 6.45. The van der Waals surface area contributed by atoms with Gasteiger partial charge in [-0.15, -0.1) is 0 Å². The number of hydrogen-bond donors (Lipinski definition) is 1. The monoisotopic (exact) mass is 378 g/mol. The summed E-state index contributed by atoms with van der Waals surface area (Å²) >= 11 is 12.6. The van der Waals surface area contributed by atoms with Crippen LogP contribution in [0.5, 0.6) is 5.75 Å². The third-order valence-corrected chi connectivity index (χ3v) is 5.22. The van der Waals surface area contributed by atoms with E-state index < -0.39 is 11.9 Å². The van der Waals surface area contributed by atoms with Crippen LogP contribution in [0.25, 0.3) is 0 Å². The lowest BCUT2D eigenvalue weighted by molar-refractivity contribution is -0.141. The molecule has 1 N–H and O–H groups in total. The topological polar surface area (TPSA) is 63.6 Å². The molecular formula is C19H16Cl2O4. The Morgan fingerprint density at radius 1 is 1.00 bits per heavy atom. The number of ether oxygens (including phenoxy) is 1. The van der Waals surface area contributed by atoms with Crippen LogP contribution in [0.2, 0.25) is 10.0 Å². The number of aliphatic carboxylic acids is 1. The molecule has 0 aliphatic heterocycles. The van der Waals surface area contributed by atoms with Crippen LogP contribution >= 0.6 is 23.2 Å². The first-order valence-electron chi connectivity index (χ1n) is 7.94. The van der Waals surface area contributed by atoms with Crippen molar-refractivity contribution >= 4 is 35.0 Å². The minimum Gasteiger partial charge on any atom is -0.489 e. The molecule has 0 heterocycles. The summed E-state index contributed by atoms with van der Waals surface area (Å²) in [6.07, 6.45) is 1.45. The van der Waals surface area contributed by atoms with Gasteiger partial charge in [0, 0.05) is 11.1 Å². The molecule has 2 aromatic carbocycles. The van der Waals surface area contributed by atoms with Gasteiger partial charge in [-0.2, -0.15) is 0 Å². The summed E-state index contributed by atoms with van der Waals surface area (Å²) in [4.78, 5) is 23.6. The Morgan fingerprint density at radius 3 is 2.36 bits per heavy atom. The van der Waals surface area contributed by atoms with Crippen LogP contribution in [0.15, 0.2) is 42.5 Å². The Morgan fingerprint density at radius 2 is 1.72 bits per heavy atom. The van der Waals surface area contributed by atoms with Crippen molar-refractivity contribution < 1.29 is 19.4 Å². The molecule has 0 aromatic heterocycles. The zero-order valence-electron chi connectivity index (χ0n) is 13.2. The van der Waals surface area contributed by atoms with Gasteiger partial charge in [-0.3, -0.25) is 9.59 Å². The lowest BCUT2D eigenvalue weighted by atomic mass is 10.0. The highest BCUT2D eigenvalue weighted by Gasteiger charge is 2.31. The molecule has 1 aliphatic carbocycles. The van der Waals surface area contributed by atoms with Crippen molar-refractivity contribution in [1.29, 1.82) is 0 Å². The molecular weight excluding hydrogens is 363 g/mol. The van der Waals surface area contributed by atoms with Crippen LogP contribution in [-0.4, -0.2) is 23.0 Å². The van der Waals surface area contributed by atoms with Gasteiger partial charge in [0.1, 0.15) is 10.8 Å². The average Bonchev–Trinajstić information content (AvgIpc) is 3.08. The number of carboxylic acids is 1. The van der Waals surface area contributed by atoms with Crippen molar-refractivity contribution in [1.82, 2.24) is 0 Å². The molecule has 25 heavy (non-hydrogen) atoms. The summed E-state index contributed by atoms with van der Waals surface area (Å²) in [7, 11) is 0. The Bertz CT molecular complexity index is 805. The van der Waals surface area contributed by atoms with Crippen LogP contribution in [-0.2, 0) is 4.79 Å². The van der Waals surface area contributed by atoms with Crippen LogP contribution < -0.4 is 4.74 Å². The van der Waals surface area contributed by atoms with Crippen molar-refractivity contribution in [2.45, 2.75) is 25.4 Å². The normalized spacial score (nSPS) is 19.6. The number of hydrogen-bond acceptors (Lipinski definition) is 3. The molecule has 0 unspecified atom stereocenters. The van der Waals surface area contributed by atoms with Crippen LogP contribution in [0.1, 0.15) is 35.2 Å². The quantitative estimate of drug-likeness (QED) is 0.754. The number of benzene rings is 2. The van der Waals surface area contributed by atoms with Crippen molar-refractivity contribution in [3.8, 4) is 5.75 Å². The van der Waals surface area contributed by atoms with Gasteiger partial charge >= 0.3 is 5.97 Å². The molecule has 1 saturated carbocycles. The van der Waals surface area contributed by atoms with Crippen LogP contribution in [0.4, 0.5) is 0 Å². The second-order valence-electron chi connectivity index (χ2n) is 6.02. The molecule has 1 fully saturated rings. The number of halogens is 2. The first-order valence-corrected chi connectivity index (χ1v) is 8.70. The smallest absolute Gasteiger partial charge is 0.306 e. The molecule has 0 bridgehead atoms. The third-order valence-electron chi connectivity index (χ3n) is 4.35. The van der Waals surface area contributed by atoms with Gasteiger partial charge in [-0.05, 0) is 31.4 Å². The van der Waals surface area contributed by atoms with Crippen molar-refractivity contribution in [2.24, 2.45) is 5.92 Å². The van der Waals surface area contributed by atoms with Crippen molar-refractivity contribution in [3.63, 3.8) is 0 Å². The second-order valence-corrected chi connectivity index (χ2v) is 6.78. The molecule has 0 saturated heterocycles. The number of carbonyl (C=O) groups is 2. The van der Waals surface area contributed by atoms with Gasteiger partial charge in [0.25, 0.3) is 0 Å². The van der Waals surface area contributed by atoms with E-state index in [2.05, 4.69) is 0 Å². The summed E-state index contributed by atoms with van der Waals surface area (Å²) in [5.41, 5.74) is 0.828. The first-order chi connectivity index (χ1) is 12.0. The number of ketones is 1. The number of rotatable bonds is 5. The molecule has 6 heteroatoms. The molecule has 2 aromatic rings. The molecule has 3 rings (SSSR count). The lowest BCUT2D eigenvalue weighted by Crippen LogP contribution is -2.16. The maximum absolute atomic E-state index is 12.5. The van der Waals surface area contributed by atoms with Gasteiger partial charge in [-0.25, -0.2) is 0 Å². The molecule has 0 radical (unpaired) electrons. The molecule has 4 nitrogen and oxygen atoms in total. The summed E-state index contributed by atoms with van der Waals surface area (Å²) in [6, 6.07) is 12.0. The average molecular weight is 379 g/mol. The largest absolute Gasteiger partial charge is 0.489 e. The van der Waals surface area contributed by atoms with E-state index in [1.807, 2.05) is 6.07 Å². The molecule has 2 atom stereocenters. The van der Waals surface area contributed by atoms with E-state index in [4.69, 9.17) is 33.0 Å². The van der Waals surface area contributed by atoms with Gasteiger partial charge in [0.2, 0.25) is 0 Å². The predicted octanol–water partition coefficient (Wildman–Crippen LogP) is 4.86. The highest BCUT2D eigenvalue weighted by atomic mass is 35.5. The Kier molecular flexibility index (Phi) is 5.30. The van der Waals surface area contributed by atoms with E-state index in [0.29, 0.717) is 36.1 Å². The zero-order chi connectivity index (χ0) is 18.0. The summed E-state index contributed by atoms with van der Waals surface area (Å²) in [5, 5.41) is 9.37. The molecule has 0 spiro atoms. The molecule has 130 valence electrons. The van der Waals surface area contributed by atoms with E-state index in [9.17, 15) is 9.59 Å². The van der Waals surface area contributed by atoms with Gasteiger partial charge in [0.15, 0.2) is 5.78 Å². The van der Waals surface area contributed by atoms with Crippen molar-refractivity contribution in [3.05, 3.63) is 63.6 Å². The zero-order valence-corrected chi connectivity index (χ0v) is 14.8. The highest BCUT2D eigenvalue weighted by Crippen LogP contribution is 2.38.